The number of thiophene rings is 1. The van der Waals surface area contributed by atoms with Crippen molar-refractivity contribution in [2.45, 2.75) is 12.8 Å². The zero-order valence-electron chi connectivity index (χ0n) is 8.29. The Kier molecular flexibility index (Phi) is 3.13. The summed E-state index contributed by atoms with van der Waals surface area (Å²) in [4.78, 5) is 12.2. The molecule has 82 valence electrons. The van der Waals surface area contributed by atoms with E-state index in [0.29, 0.717) is 6.54 Å². The Bertz CT molecular complexity index is 371. The Balaban J connectivity index is 2.26. The first-order chi connectivity index (χ1) is 7.09. The smallest absolute Gasteiger partial charge is 0.308 e. The quantitative estimate of drug-likeness (QED) is 0.878. The second kappa shape index (κ2) is 4.23. The van der Waals surface area contributed by atoms with Gasteiger partial charge in [0.05, 0.1) is 9.70 Å². The zero-order valence-corrected chi connectivity index (χ0v) is 10.7. The van der Waals surface area contributed by atoms with E-state index in [2.05, 4.69) is 27.3 Å². The van der Waals surface area contributed by atoms with Crippen molar-refractivity contribution in [1.82, 2.24) is 5.32 Å². The van der Waals surface area contributed by atoms with Crippen LogP contribution in [0.4, 0.5) is 0 Å². The van der Waals surface area contributed by atoms with Crippen LogP contribution in [-0.4, -0.2) is 24.2 Å². The summed E-state index contributed by atoms with van der Waals surface area (Å²) in [6.07, 6.45) is 0. The average molecular weight is 290 g/mol. The molecule has 0 bridgehead atoms. The molecular weight excluding hydrogens is 278 g/mol. The minimum absolute atomic E-state index is 0.123. The van der Waals surface area contributed by atoms with Gasteiger partial charge in [-0.05, 0) is 34.5 Å². The molecule has 2 N–H and O–H groups in total. The number of nitrogens with one attached hydrogen (secondary N) is 1. The lowest BCUT2D eigenvalue weighted by atomic mass is 9.94. The third-order valence-electron chi connectivity index (χ3n) is 2.77. The van der Waals surface area contributed by atoms with Gasteiger partial charge in [-0.15, -0.1) is 11.3 Å². The van der Waals surface area contributed by atoms with Crippen molar-refractivity contribution in [2.24, 2.45) is 5.92 Å². The van der Waals surface area contributed by atoms with Crippen molar-refractivity contribution in [2.75, 3.05) is 13.1 Å². The van der Waals surface area contributed by atoms with E-state index in [1.54, 1.807) is 11.3 Å². The minimum Gasteiger partial charge on any atom is -0.481 e. The molecule has 5 heteroatoms. The first kappa shape index (κ1) is 11.1. The lowest BCUT2D eigenvalue weighted by molar-refractivity contribution is -0.141. The molecule has 1 aliphatic heterocycles. The van der Waals surface area contributed by atoms with Gasteiger partial charge < -0.3 is 10.4 Å². The summed E-state index contributed by atoms with van der Waals surface area (Å²) in [5, 5.41) is 12.2. The second-order valence-corrected chi connectivity index (χ2v) is 6.22. The number of aryl methyl sites for hydroxylation is 1. The van der Waals surface area contributed by atoms with Gasteiger partial charge in [-0.25, -0.2) is 0 Å². The number of halogens is 1. The summed E-state index contributed by atoms with van der Waals surface area (Å²) >= 11 is 5.12. The van der Waals surface area contributed by atoms with Crippen LogP contribution in [0.15, 0.2) is 9.85 Å². The molecule has 1 saturated heterocycles. The van der Waals surface area contributed by atoms with Crippen molar-refractivity contribution in [3.8, 4) is 0 Å². The van der Waals surface area contributed by atoms with Crippen LogP contribution in [0.2, 0.25) is 0 Å². The third-order valence-corrected chi connectivity index (χ3v) is 5.04. The minimum atomic E-state index is -0.702. The zero-order chi connectivity index (χ0) is 11.0. The van der Waals surface area contributed by atoms with Gasteiger partial charge in [-0.3, -0.25) is 4.79 Å². The molecule has 0 saturated carbocycles. The highest BCUT2D eigenvalue weighted by molar-refractivity contribution is 9.11. The Morgan fingerprint density at radius 1 is 1.67 bits per heavy atom. The Hall–Kier alpha value is -0.390. The Labute approximate surface area is 101 Å². The number of hydrogen-bond acceptors (Lipinski definition) is 3. The van der Waals surface area contributed by atoms with Crippen molar-refractivity contribution < 1.29 is 9.90 Å². The molecule has 2 heterocycles. The monoisotopic (exact) mass is 289 g/mol. The number of carbonyl (C=O) groups is 1. The fraction of sp³-hybridized carbons (Fsp3) is 0.500. The van der Waals surface area contributed by atoms with Gasteiger partial charge >= 0.3 is 5.97 Å². The number of carboxylic acid groups (broad SMARTS) is 1. The van der Waals surface area contributed by atoms with Crippen LogP contribution in [-0.2, 0) is 4.79 Å². The van der Waals surface area contributed by atoms with E-state index < -0.39 is 5.97 Å². The summed E-state index contributed by atoms with van der Waals surface area (Å²) in [7, 11) is 0. The predicted octanol–water partition coefficient (Wildman–Crippen LogP) is 2.21. The molecule has 3 nitrogen and oxygen atoms in total. The van der Waals surface area contributed by atoms with Gasteiger partial charge in [-0.1, -0.05) is 0 Å². The van der Waals surface area contributed by atoms with Crippen LogP contribution in [0.1, 0.15) is 16.4 Å². The number of aliphatic carboxylic acids is 1. The standard InChI is InChI=1S/C10H12BrNO2S/c1-5-2-8(15-9(5)11)6-3-12-4-7(6)10(13)14/h2,6-7,12H,3-4H2,1H3,(H,13,14). The number of rotatable bonds is 2. The van der Waals surface area contributed by atoms with E-state index in [1.165, 1.54) is 5.56 Å². The normalized spacial score (nSPS) is 25.7. The summed E-state index contributed by atoms with van der Waals surface area (Å²) in [6, 6.07) is 2.09. The second-order valence-electron chi connectivity index (χ2n) is 3.81. The van der Waals surface area contributed by atoms with Gasteiger partial charge in [0.15, 0.2) is 0 Å². The Morgan fingerprint density at radius 2 is 2.40 bits per heavy atom. The van der Waals surface area contributed by atoms with Crippen LogP contribution in [0.25, 0.3) is 0 Å². The van der Waals surface area contributed by atoms with Crippen LogP contribution >= 0.6 is 27.3 Å². The molecule has 0 aromatic carbocycles. The molecule has 1 aliphatic rings. The molecule has 15 heavy (non-hydrogen) atoms. The lowest BCUT2D eigenvalue weighted by Gasteiger charge is -2.11. The summed E-state index contributed by atoms with van der Waals surface area (Å²) in [5.74, 6) is -0.861. The van der Waals surface area contributed by atoms with Crippen molar-refractivity contribution in [1.29, 1.82) is 0 Å². The van der Waals surface area contributed by atoms with Crippen LogP contribution in [0, 0.1) is 12.8 Å². The van der Waals surface area contributed by atoms with E-state index in [-0.39, 0.29) is 11.8 Å². The fourth-order valence-corrected chi connectivity index (χ4v) is 3.64. The molecule has 2 rings (SSSR count). The first-order valence-electron chi connectivity index (χ1n) is 4.79. The van der Waals surface area contributed by atoms with Gasteiger partial charge in [0.2, 0.25) is 0 Å². The van der Waals surface area contributed by atoms with Crippen LogP contribution in [0.3, 0.4) is 0 Å². The van der Waals surface area contributed by atoms with Gasteiger partial charge in [0.1, 0.15) is 0 Å². The van der Waals surface area contributed by atoms with Crippen molar-refractivity contribution >= 4 is 33.2 Å². The predicted molar refractivity (Wildman–Crippen MR) is 63.5 cm³/mol. The summed E-state index contributed by atoms with van der Waals surface area (Å²) in [6.45, 7) is 3.38. The molecule has 0 amide bonds. The summed E-state index contributed by atoms with van der Waals surface area (Å²) < 4.78 is 1.11. The average Bonchev–Trinajstić information content (AvgIpc) is 2.73. The van der Waals surface area contributed by atoms with Gasteiger partial charge in [-0.2, -0.15) is 0 Å². The van der Waals surface area contributed by atoms with E-state index in [1.807, 2.05) is 6.92 Å². The number of carboxylic acids is 1. The van der Waals surface area contributed by atoms with E-state index in [9.17, 15) is 4.79 Å². The highest BCUT2D eigenvalue weighted by atomic mass is 79.9. The van der Waals surface area contributed by atoms with Crippen LogP contribution in [0.5, 0.6) is 0 Å². The SMILES string of the molecule is Cc1cc(C2CNCC2C(=O)O)sc1Br. The molecule has 0 spiro atoms. The largest absolute Gasteiger partial charge is 0.481 e. The maximum absolute atomic E-state index is 11.0. The first-order valence-corrected chi connectivity index (χ1v) is 6.40. The molecule has 1 aromatic heterocycles. The molecule has 0 radical (unpaired) electrons. The topological polar surface area (TPSA) is 49.3 Å². The highest BCUT2D eigenvalue weighted by Crippen LogP contribution is 2.37. The molecule has 2 atom stereocenters. The van der Waals surface area contributed by atoms with Gasteiger partial charge in [0.25, 0.3) is 0 Å². The fourth-order valence-electron chi connectivity index (χ4n) is 1.90. The molecule has 1 aromatic rings. The summed E-state index contributed by atoms with van der Waals surface area (Å²) in [5.41, 5.74) is 1.19. The van der Waals surface area contributed by atoms with E-state index >= 15 is 0 Å². The van der Waals surface area contributed by atoms with Crippen molar-refractivity contribution in [3.05, 3.63) is 20.3 Å². The third kappa shape index (κ3) is 2.09. The lowest BCUT2D eigenvalue weighted by Crippen LogP contribution is -2.20. The van der Waals surface area contributed by atoms with Gasteiger partial charge in [0, 0.05) is 23.9 Å². The molecule has 2 unspecified atom stereocenters. The van der Waals surface area contributed by atoms with Crippen LogP contribution < -0.4 is 5.32 Å². The van der Waals surface area contributed by atoms with E-state index in [0.717, 1.165) is 15.2 Å². The van der Waals surface area contributed by atoms with Crippen molar-refractivity contribution in [3.63, 3.8) is 0 Å². The molecule has 1 fully saturated rings. The maximum atomic E-state index is 11.0. The molecular formula is C10H12BrNO2S. The highest BCUT2D eigenvalue weighted by Gasteiger charge is 2.34. The Morgan fingerprint density at radius 3 is 2.93 bits per heavy atom. The maximum Gasteiger partial charge on any atom is 0.308 e. The number of hydrogen-bond donors (Lipinski definition) is 2. The molecule has 0 aliphatic carbocycles. The van der Waals surface area contributed by atoms with E-state index in [4.69, 9.17) is 5.11 Å².